The van der Waals surface area contributed by atoms with Gasteiger partial charge in [0, 0.05) is 24.5 Å². The second kappa shape index (κ2) is 8.94. The predicted octanol–water partition coefficient (Wildman–Crippen LogP) is 4.37. The number of halogens is 1. The first-order chi connectivity index (χ1) is 13.1. The lowest BCUT2D eigenvalue weighted by atomic mass is 10.1. The van der Waals surface area contributed by atoms with Crippen LogP contribution in [-0.2, 0) is 6.42 Å². The molecule has 0 saturated carbocycles. The lowest BCUT2D eigenvalue weighted by Gasteiger charge is -2.16. The van der Waals surface area contributed by atoms with E-state index in [0.717, 1.165) is 11.3 Å². The molecule has 1 aromatic heterocycles. The minimum Gasteiger partial charge on any atom is -0.378 e. The highest BCUT2D eigenvalue weighted by Gasteiger charge is 2.10. The third-order valence-electron chi connectivity index (χ3n) is 4.31. The van der Waals surface area contributed by atoms with Crippen LogP contribution in [0.5, 0.6) is 0 Å². The number of carbonyl (C=O) groups is 1. The van der Waals surface area contributed by atoms with Gasteiger partial charge in [0.25, 0.3) is 5.91 Å². The number of amides is 1. The highest BCUT2D eigenvalue weighted by atomic mass is 19.1. The molecule has 0 aliphatic rings. The Morgan fingerprint density at radius 2 is 1.81 bits per heavy atom. The maximum atomic E-state index is 13.6. The van der Waals surface area contributed by atoms with Crippen molar-refractivity contribution in [1.82, 2.24) is 10.3 Å². The number of aromatic nitrogens is 1. The predicted molar refractivity (Wildman–Crippen MR) is 105 cm³/mol. The minimum absolute atomic E-state index is 0.102. The highest BCUT2D eigenvalue weighted by Crippen LogP contribution is 2.19. The van der Waals surface area contributed by atoms with E-state index >= 15 is 0 Å². The largest absolute Gasteiger partial charge is 0.378 e. The van der Waals surface area contributed by atoms with Crippen LogP contribution < -0.4 is 10.6 Å². The van der Waals surface area contributed by atoms with E-state index in [9.17, 15) is 9.18 Å². The van der Waals surface area contributed by atoms with Gasteiger partial charge in [-0.15, -0.1) is 0 Å². The molecular weight excluding hydrogens is 341 g/mol. The van der Waals surface area contributed by atoms with Crippen LogP contribution in [0.15, 0.2) is 72.9 Å². The topological polar surface area (TPSA) is 54.0 Å². The number of hydrogen-bond acceptors (Lipinski definition) is 3. The van der Waals surface area contributed by atoms with Crippen LogP contribution in [0.2, 0.25) is 0 Å². The van der Waals surface area contributed by atoms with Gasteiger partial charge in [-0.3, -0.25) is 9.78 Å². The molecule has 1 amide bonds. The zero-order valence-electron chi connectivity index (χ0n) is 15.2. The molecule has 0 spiro atoms. The zero-order valence-corrected chi connectivity index (χ0v) is 15.2. The Bertz CT molecular complexity index is 899. The summed E-state index contributed by atoms with van der Waals surface area (Å²) in [7, 11) is 0. The summed E-state index contributed by atoms with van der Waals surface area (Å²) in [6.45, 7) is 2.41. The van der Waals surface area contributed by atoms with Crippen LogP contribution in [-0.4, -0.2) is 17.4 Å². The Balaban J connectivity index is 1.58. The molecular formula is C22H22FN3O. The summed E-state index contributed by atoms with van der Waals surface area (Å²) in [6.07, 6.45) is 2.03. The molecule has 0 saturated heterocycles. The Hall–Kier alpha value is -3.21. The van der Waals surface area contributed by atoms with Gasteiger partial charge in [-0.25, -0.2) is 4.39 Å². The standard InChI is InChI=1S/C22H22FN3O/c1-16(17-7-3-2-4-8-17)26-19-12-14-24-21(15-19)22(27)25-13-11-18-9-5-6-10-20(18)23/h2-10,12,14-16H,11,13H2,1H3,(H,24,26)(H,25,27). The smallest absolute Gasteiger partial charge is 0.269 e. The average molecular weight is 363 g/mol. The summed E-state index contributed by atoms with van der Waals surface area (Å²) in [6, 6.07) is 20.3. The Kier molecular flexibility index (Phi) is 6.15. The maximum absolute atomic E-state index is 13.6. The molecule has 4 nitrogen and oxygen atoms in total. The molecule has 2 N–H and O–H groups in total. The summed E-state index contributed by atoms with van der Waals surface area (Å²) < 4.78 is 13.6. The molecule has 0 radical (unpaired) electrons. The van der Waals surface area contributed by atoms with Gasteiger partial charge in [0.1, 0.15) is 11.5 Å². The molecule has 2 aromatic carbocycles. The number of rotatable bonds is 7. The second-order valence-electron chi connectivity index (χ2n) is 6.30. The lowest BCUT2D eigenvalue weighted by molar-refractivity contribution is 0.0949. The normalized spacial score (nSPS) is 11.6. The first kappa shape index (κ1) is 18.6. The van der Waals surface area contributed by atoms with E-state index in [1.54, 1.807) is 30.5 Å². The molecule has 3 aromatic rings. The fourth-order valence-electron chi connectivity index (χ4n) is 2.82. The van der Waals surface area contributed by atoms with Crippen molar-refractivity contribution in [2.45, 2.75) is 19.4 Å². The number of carbonyl (C=O) groups excluding carboxylic acids is 1. The third-order valence-corrected chi connectivity index (χ3v) is 4.31. The highest BCUT2D eigenvalue weighted by molar-refractivity contribution is 5.93. The quantitative estimate of drug-likeness (QED) is 0.655. The van der Waals surface area contributed by atoms with Gasteiger partial charge in [0.15, 0.2) is 0 Å². The minimum atomic E-state index is -0.276. The average Bonchev–Trinajstić information content (AvgIpc) is 2.70. The van der Waals surface area contributed by atoms with Gasteiger partial charge in [-0.1, -0.05) is 48.5 Å². The van der Waals surface area contributed by atoms with Crippen molar-refractivity contribution >= 4 is 11.6 Å². The molecule has 138 valence electrons. The Morgan fingerprint density at radius 1 is 1.07 bits per heavy atom. The van der Waals surface area contributed by atoms with E-state index in [4.69, 9.17) is 0 Å². The summed E-state index contributed by atoms with van der Waals surface area (Å²) in [5.74, 6) is -0.534. The summed E-state index contributed by atoms with van der Waals surface area (Å²) in [5.41, 5.74) is 2.89. The number of pyridine rings is 1. The number of anilines is 1. The van der Waals surface area contributed by atoms with Crippen LogP contribution in [0.4, 0.5) is 10.1 Å². The molecule has 1 heterocycles. The van der Waals surface area contributed by atoms with Crippen molar-refractivity contribution in [3.63, 3.8) is 0 Å². The molecule has 0 fully saturated rings. The molecule has 3 rings (SSSR count). The van der Waals surface area contributed by atoms with Crippen molar-refractivity contribution in [2.75, 3.05) is 11.9 Å². The first-order valence-corrected chi connectivity index (χ1v) is 8.92. The monoisotopic (exact) mass is 363 g/mol. The van der Waals surface area contributed by atoms with Gasteiger partial charge in [0.2, 0.25) is 0 Å². The molecule has 1 unspecified atom stereocenters. The van der Waals surface area contributed by atoms with Crippen LogP contribution >= 0.6 is 0 Å². The summed E-state index contributed by atoms with van der Waals surface area (Å²) >= 11 is 0. The summed E-state index contributed by atoms with van der Waals surface area (Å²) in [5, 5.41) is 6.16. The third kappa shape index (κ3) is 5.14. The van der Waals surface area contributed by atoms with Crippen molar-refractivity contribution in [3.8, 4) is 0 Å². The number of nitrogens with zero attached hydrogens (tertiary/aromatic N) is 1. The van der Waals surface area contributed by atoms with Gasteiger partial charge in [0.05, 0.1) is 0 Å². The van der Waals surface area contributed by atoms with E-state index < -0.39 is 0 Å². The van der Waals surface area contributed by atoms with E-state index in [1.165, 1.54) is 6.07 Å². The Morgan fingerprint density at radius 3 is 2.59 bits per heavy atom. The van der Waals surface area contributed by atoms with Gasteiger partial charge in [-0.2, -0.15) is 0 Å². The first-order valence-electron chi connectivity index (χ1n) is 8.92. The maximum Gasteiger partial charge on any atom is 0.269 e. The molecule has 1 atom stereocenters. The van der Waals surface area contributed by atoms with E-state index in [1.807, 2.05) is 24.3 Å². The van der Waals surface area contributed by atoms with Crippen LogP contribution in [0.1, 0.15) is 34.6 Å². The van der Waals surface area contributed by atoms with Crippen molar-refractivity contribution in [2.24, 2.45) is 0 Å². The van der Waals surface area contributed by atoms with Gasteiger partial charge in [-0.05, 0) is 42.7 Å². The van der Waals surface area contributed by atoms with E-state index in [-0.39, 0.29) is 17.8 Å². The van der Waals surface area contributed by atoms with Crippen molar-refractivity contribution in [1.29, 1.82) is 0 Å². The zero-order chi connectivity index (χ0) is 19.1. The van der Waals surface area contributed by atoms with Gasteiger partial charge < -0.3 is 10.6 Å². The van der Waals surface area contributed by atoms with Gasteiger partial charge >= 0.3 is 0 Å². The molecule has 5 heteroatoms. The number of nitrogens with one attached hydrogen (secondary N) is 2. The molecule has 0 aliphatic heterocycles. The second-order valence-corrected chi connectivity index (χ2v) is 6.30. The fraction of sp³-hybridized carbons (Fsp3) is 0.182. The number of benzene rings is 2. The van der Waals surface area contributed by atoms with Crippen LogP contribution in [0.3, 0.4) is 0 Å². The molecule has 0 bridgehead atoms. The summed E-state index contributed by atoms with van der Waals surface area (Å²) in [4.78, 5) is 16.5. The lowest BCUT2D eigenvalue weighted by Crippen LogP contribution is -2.26. The molecule has 0 aliphatic carbocycles. The van der Waals surface area contributed by atoms with Crippen molar-refractivity contribution < 1.29 is 9.18 Å². The number of hydrogen-bond donors (Lipinski definition) is 2. The van der Waals surface area contributed by atoms with Crippen molar-refractivity contribution in [3.05, 3.63) is 95.6 Å². The van der Waals surface area contributed by atoms with E-state index in [0.29, 0.717) is 24.2 Å². The Labute approximate surface area is 158 Å². The van der Waals surface area contributed by atoms with Crippen LogP contribution in [0.25, 0.3) is 0 Å². The van der Waals surface area contributed by atoms with E-state index in [2.05, 4.69) is 34.7 Å². The fourth-order valence-corrected chi connectivity index (χ4v) is 2.82. The molecule has 27 heavy (non-hydrogen) atoms. The van der Waals surface area contributed by atoms with Crippen LogP contribution in [0, 0.1) is 5.82 Å². The SMILES string of the molecule is CC(Nc1ccnc(C(=O)NCCc2ccccc2F)c1)c1ccccc1.